The number of rotatable bonds is 8. The monoisotopic (exact) mass is 469 g/mol. The third kappa shape index (κ3) is 5.04. The highest BCUT2D eigenvalue weighted by atomic mass is 19.1. The normalized spacial score (nSPS) is 16.7. The molecule has 4 rings (SSSR count). The lowest BCUT2D eigenvalue weighted by molar-refractivity contribution is -0.143. The molecule has 2 heterocycles. The van der Waals surface area contributed by atoms with Crippen LogP contribution in [0.15, 0.2) is 47.6 Å². The fraction of sp³-hybridized carbons (Fsp3) is 0.400. The molecule has 0 N–H and O–H groups in total. The van der Waals surface area contributed by atoms with Crippen molar-refractivity contribution in [2.24, 2.45) is 11.0 Å². The Morgan fingerprint density at radius 3 is 2.62 bits per heavy atom. The van der Waals surface area contributed by atoms with Crippen molar-refractivity contribution in [1.82, 2.24) is 9.91 Å². The number of halogens is 1. The number of carbonyl (C=O) groups is 2. The first kappa shape index (κ1) is 23.7. The van der Waals surface area contributed by atoms with E-state index in [2.05, 4.69) is 5.10 Å². The van der Waals surface area contributed by atoms with Crippen molar-refractivity contribution in [3.63, 3.8) is 0 Å². The molecule has 0 radical (unpaired) electrons. The molecule has 2 amide bonds. The molecule has 1 atom stereocenters. The Kier molecular flexibility index (Phi) is 7.12. The number of nitrogens with zero attached hydrogens (tertiary/aromatic N) is 3. The van der Waals surface area contributed by atoms with Crippen LogP contribution in [0.4, 0.5) is 4.39 Å². The average molecular weight is 470 g/mol. The van der Waals surface area contributed by atoms with Gasteiger partial charge in [0.25, 0.3) is 5.91 Å². The van der Waals surface area contributed by atoms with Crippen LogP contribution >= 0.6 is 0 Å². The second kappa shape index (κ2) is 10.2. The van der Waals surface area contributed by atoms with Gasteiger partial charge in [-0.3, -0.25) is 9.59 Å². The van der Waals surface area contributed by atoms with Gasteiger partial charge in [0.1, 0.15) is 12.4 Å². The maximum Gasteiger partial charge on any atom is 0.262 e. The Hall–Kier alpha value is -3.46. The highest BCUT2D eigenvalue weighted by Gasteiger charge is 2.35. The van der Waals surface area contributed by atoms with E-state index < -0.39 is 6.04 Å². The molecule has 2 aliphatic heterocycles. The van der Waals surface area contributed by atoms with E-state index in [1.165, 1.54) is 22.0 Å². The number of hydrogen-bond donors (Lipinski definition) is 0. The smallest absolute Gasteiger partial charge is 0.262 e. The summed E-state index contributed by atoms with van der Waals surface area (Å²) in [7, 11) is 1.55. The van der Waals surface area contributed by atoms with E-state index in [0.717, 1.165) is 11.1 Å². The topological polar surface area (TPSA) is 80.7 Å². The van der Waals surface area contributed by atoms with Crippen LogP contribution in [-0.4, -0.2) is 61.0 Å². The molecule has 0 spiro atoms. The van der Waals surface area contributed by atoms with Gasteiger partial charge in [-0.25, -0.2) is 9.40 Å². The summed E-state index contributed by atoms with van der Waals surface area (Å²) in [6.45, 7) is 4.24. The average Bonchev–Trinajstić information content (AvgIpc) is 3.48. The van der Waals surface area contributed by atoms with Crippen LogP contribution in [0.5, 0.6) is 11.5 Å². The molecule has 2 aliphatic rings. The summed E-state index contributed by atoms with van der Waals surface area (Å²) in [6.07, 6.45) is 0.438. The molecule has 2 aromatic rings. The summed E-state index contributed by atoms with van der Waals surface area (Å²) in [4.78, 5) is 27.7. The zero-order chi connectivity index (χ0) is 24.2. The lowest BCUT2D eigenvalue weighted by Gasteiger charge is -2.28. The number of carbonyl (C=O) groups excluding carboxylic acids is 2. The zero-order valence-electron chi connectivity index (χ0n) is 19.5. The van der Waals surface area contributed by atoms with E-state index in [-0.39, 0.29) is 36.9 Å². The molecule has 0 aliphatic carbocycles. The largest absolute Gasteiger partial charge is 0.454 e. The van der Waals surface area contributed by atoms with Crippen LogP contribution < -0.4 is 9.47 Å². The Morgan fingerprint density at radius 1 is 1.18 bits per heavy atom. The highest BCUT2D eigenvalue weighted by molar-refractivity contribution is 6.03. The van der Waals surface area contributed by atoms with Crippen molar-refractivity contribution in [2.75, 3.05) is 33.6 Å². The summed E-state index contributed by atoms with van der Waals surface area (Å²) in [5, 5.41) is 6.03. The molecule has 0 bridgehead atoms. The fourth-order valence-corrected chi connectivity index (χ4v) is 4.01. The number of ether oxygens (including phenoxy) is 3. The minimum Gasteiger partial charge on any atom is -0.454 e. The van der Waals surface area contributed by atoms with Crippen molar-refractivity contribution < 1.29 is 28.2 Å². The van der Waals surface area contributed by atoms with Gasteiger partial charge in [-0.15, -0.1) is 0 Å². The quantitative estimate of drug-likeness (QED) is 0.592. The van der Waals surface area contributed by atoms with Gasteiger partial charge in [-0.05, 0) is 35.4 Å². The predicted octanol–water partition coefficient (Wildman–Crippen LogP) is 3.36. The number of amides is 2. The predicted molar refractivity (Wildman–Crippen MR) is 123 cm³/mol. The molecule has 1 unspecified atom stereocenters. The first-order valence-corrected chi connectivity index (χ1v) is 11.2. The minimum atomic E-state index is -0.402. The molecule has 0 saturated heterocycles. The Morgan fingerprint density at radius 2 is 1.91 bits per heavy atom. The molecule has 9 heteroatoms. The van der Waals surface area contributed by atoms with E-state index in [0.29, 0.717) is 36.8 Å². The molecule has 0 fully saturated rings. The van der Waals surface area contributed by atoms with Crippen molar-refractivity contribution in [3.8, 4) is 11.5 Å². The molecule has 8 nitrogen and oxygen atoms in total. The van der Waals surface area contributed by atoms with E-state index in [1.807, 2.05) is 18.2 Å². The van der Waals surface area contributed by atoms with Gasteiger partial charge in [0.05, 0.1) is 18.4 Å². The molecule has 34 heavy (non-hydrogen) atoms. The third-order valence-corrected chi connectivity index (χ3v) is 5.82. The summed E-state index contributed by atoms with van der Waals surface area (Å²) >= 11 is 0. The first-order chi connectivity index (χ1) is 16.4. The third-order valence-electron chi connectivity index (χ3n) is 5.82. The SMILES string of the molecule is COCCN(CC(=O)N1N=C(c2ccc(F)cc2)CC1c1ccc2c(c1)OCO2)C(=O)C(C)C. The van der Waals surface area contributed by atoms with Crippen LogP contribution in [-0.2, 0) is 14.3 Å². The van der Waals surface area contributed by atoms with Crippen LogP contribution in [0.3, 0.4) is 0 Å². The summed E-state index contributed by atoms with van der Waals surface area (Å²) < 4.78 is 29.5. The van der Waals surface area contributed by atoms with Gasteiger partial charge in [0.15, 0.2) is 11.5 Å². The van der Waals surface area contributed by atoms with Crippen molar-refractivity contribution in [3.05, 3.63) is 59.4 Å². The molecule has 0 aromatic heterocycles. The van der Waals surface area contributed by atoms with E-state index >= 15 is 0 Å². The van der Waals surface area contributed by atoms with Gasteiger partial charge in [-0.2, -0.15) is 5.10 Å². The second-order valence-corrected chi connectivity index (χ2v) is 8.53. The maximum absolute atomic E-state index is 13.5. The van der Waals surface area contributed by atoms with Gasteiger partial charge in [-0.1, -0.05) is 32.0 Å². The first-order valence-electron chi connectivity index (χ1n) is 11.2. The van der Waals surface area contributed by atoms with Crippen LogP contribution in [0, 0.1) is 11.7 Å². The van der Waals surface area contributed by atoms with Crippen LogP contribution in [0.1, 0.15) is 37.4 Å². The van der Waals surface area contributed by atoms with E-state index in [4.69, 9.17) is 14.2 Å². The highest BCUT2D eigenvalue weighted by Crippen LogP contribution is 2.39. The second-order valence-electron chi connectivity index (χ2n) is 8.53. The summed E-state index contributed by atoms with van der Waals surface area (Å²) in [5.41, 5.74) is 2.23. The van der Waals surface area contributed by atoms with Gasteiger partial charge < -0.3 is 19.1 Å². The molecular weight excluding hydrogens is 441 g/mol. The standard InChI is InChI=1S/C25H28FN3O5/c1-16(2)25(31)28(10-11-32-3)14-24(30)29-21(18-6-9-22-23(12-18)34-15-33-22)13-20(27-29)17-4-7-19(26)8-5-17/h4-9,12,16,21H,10-11,13-15H2,1-3H3. The number of benzene rings is 2. The van der Waals surface area contributed by atoms with Gasteiger partial charge in [0.2, 0.25) is 12.7 Å². The van der Waals surface area contributed by atoms with Crippen molar-refractivity contribution in [2.45, 2.75) is 26.3 Å². The van der Waals surface area contributed by atoms with Crippen molar-refractivity contribution in [1.29, 1.82) is 0 Å². The Balaban J connectivity index is 1.63. The van der Waals surface area contributed by atoms with Gasteiger partial charge >= 0.3 is 0 Å². The molecule has 0 saturated carbocycles. The Bertz CT molecular complexity index is 1090. The number of methoxy groups -OCH3 is 1. The van der Waals surface area contributed by atoms with Crippen molar-refractivity contribution >= 4 is 17.5 Å². The van der Waals surface area contributed by atoms with E-state index in [1.54, 1.807) is 33.1 Å². The molecule has 2 aromatic carbocycles. The fourth-order valence-electron chi connectivity index (χ4n) is 4.01. The minimum absolute atomic E-state index is 0.123. The number of fused-ring (bicyclic) bond motifs is 1. The van der Waals surface area contributed by atoms with Crippen LogP contribution in [0.2, 0.25) is 0 Å². The Labute approximate surface area is 197 Å². The summed E-state index contributed by atoms with van der Waals surface area (Å²) in [5.74, 6) is 0.205. The number of hydrazone groups is 1. The van der Waals surface area contributed by atoms with Crippen LogP contribution in [0.25, 0.3) is 0 Å². The lowest BCUT2D eigenvalue weighted by Crippen LogP contribution is -2.44. The zero-order valence-corrected chi connectivity index (χ0v) is 19.5. The maximum atomic E-state index is 13.5. The van der Waals surface area contributed by atoms with E-state index in [9.17, 15) is 14.0 Å². The number of hydrogen-bond acceptors (Lipinski definition) is 6. The van der Waals surface area contributed by atoms with Gasteiger partial charge in [0, 0.05) is 26.0 Å². The lowest BCUT2D eigenvalue weighted by atomic mass is 9.98. The summed E-state index contributed by atoms with van der Waals surface area (Å²) in [6, 6.07) is 11.2. The molecular formula is C25H28FN3O5. The molecule has 180 valence electrons.